The molecule has 0 spiro atoms. The molecule has 2 aromatic rings. The van der Waals surface area contributed by atoms with Gasteiger partial charge in [0.15, 0.2) is 0 Å². The van der Waals surface area contributed by atoms with Crippen LogP contribution in [-0.4, -0.2) is 31.7 Å². The highest BCUT2D eigenvalue weighted by molar-refractivity contribution is 9.11. The normalized spacial score (nSPS) is 17.6. The summed E-state index contributed by atoms with van der Waals surface area (Å²) in [6.07, 6.45) is 1.85. The molecule has 0 radical (unpaired) electrons. The maximum Gasteiger partial charge on any atom is 0.252 e. The Kier molecular flexibility index (Phi) is 6.73. The Bertz CT molecular complexity index is 875. The van der Waals surface area contributed by atoms with Crippen LogP contribution in [0.5, 0.6) is 0 Å². The molecule has 2 heterocycles. The number of thiophene rings is 1. The van der Waals surface area contributed by atoms with Crippen molar-refractivity contribution in [2.75, 3.05) is 13.1 Å². The number of sulfonamides is 1. The quantitative estimate of drug-likeness (QED) is 0.688. The van der Waals surface area contributed by atoms with Crippen LogP contribution in [0.4, 0.5) is 0 Å². The van der Waals surface area contributed by atoms with Crippen molar-refractivity contribution in [1.82, 2.24) is 9.62 Å². The van der Waals surface area contributed by atoms with E-state index in [-0.39, 0.29) is 17.9 Å². The van der Waals surface area contributed by atoms with Crippen LogP contribution in [0.25, 0.3) is 0 Å². The van der Waals surface area contributed by atoms with Crippen LogP contribution in [-0.2, 0) is 14.8 Å². The molecule has 146 valence electrons. The van der Waals surface area contributed by atoms with Gasteiger partial charge in [0, 0.05) is 19.5 Å². The molecule has 8 heteroatoms. The van der Waals surface area contributed by atoms with Gasteiger partial charge in [-0.15, -0.1) is 11.3 Å². The van der Waals surface area contributed by atoms with Gasteiger partial charge in [-0.1, -0.05) is 30.3 Å². The number of carbonyl (C=O) groups is 1. The van der Waals surface area contributed by atoms with Crippen LogP contribution in [0.15, 0.2) is 50.5 Å². The minimum Gasteiger partial charge on any atom is -0.350 e. The Morgan fingerprint density at radius 1 is 1.22 bits per heavy atom. The first-order chi connectivity index (χ1) is 12.9. The second-order valence-electron chi connectivity index (χ2n) is 6.81. The molecule has 0 aliphatic carbocycles. The summed E-state index contributed by atoms with van der Waals surface area (Å²) in [5.74, 6) is 0.240. The third-order valence-corrected chi connectivity index (χ3v) is 8.86. The molecule has 1 atom stereocenters. The number of benzene rings is 1. The molecule has 1 aromatic heterocycles. The van der Waals surface area contributed by atoms with Gasteiger partial charge in [-0.3, -0.25) is 4.79 Å². The number of nitrogens with one attached hydrogen (secondary N) is 1. The van der Waals surface area contributed by atoms with Crippen LogP contribution in [0.3, 0.4) is 0 Å². The van der Waals surface area contributed by atoms with Crippen molar-refractivity contribution in [2.45, 2.75) is 36.4 Å². The van der Waals surface area contributed by atoms with Gasteiger partial charge < -0.3 is 5.32 Å². The van der Waals surface area contributed by atoms with Gasteiger partial charge in [0.1, 0.15) is 4.21 Å². The molecule has 1 aromatic carbocycles. The third-order valence-electron chi connectivity index (χ3n) is 4.87. The van der Waals surface area contributed by atoms with Gasteiger partial charge in [0.2, 0.25) is 5.91 Å². The lowest BCUT2D eigenvalue weighted by atomic mass is 9.94. The van der Waals surface area contributed by atoms with Gasteiger partial charge in [0.05, 0.1) is 9.83 Å². The van der Waals surface area contributed by atoms with E-state index in [4.69, 9.17) is 0 Å². The van der Waals surface area contributed by atoms with Gasteiger partial charge in [0.25, 0.3) is 10.0 Å². The molecule has 0 bridgehead atoms. The van der Waals surface area contributed by atoms with Crippen LogP contribution >= 0.6 is 27.3 Å². The first kappa shape index (κ1) is 20.5. The second kappa shape index (κ2) is 8.86. The van der Waals surface area contributed by atoms with Crippen LogP contribution in [0.2, 0.25) is 0 Å². The fraction of sp³-hybridized carbons (Fsp3) is 0.421. The molecule has 3 rings (SSSR count). The highest BCUT2D eigenvalue weighted by Crippen LogP contribution is 2.31. The summed E-state index contributed by atoms with van der Waals surface area (Å²) in [5, 5.41) is 3.04. The number of rotatable bonds is 6. The highest BCUT2D eigenvalue weighted by atomic mass is 79.9. The van der Waals surface area contributed by atoms with Gasteiger partial charge in [-0.25, -0.2) is 8.42 Å². The van der Waals surface area contributed by atoms with E-state index in [0.717, 1.165) is 9.35 Å². The average Bonchev–Trinajstić information content (AvgIpc) is 3.10. The molecule has 1 fully saturated rings. The molecular weight excluding hydrogens is 448 g/mol. The number of hydrogen-bond acceptors (Lipinski definition) is 4. The Morgan fingerprint density at radius 2 is 1.89 bits per heavy atom. The lowest BCUT2D eigenvalue weighted by Gasteiger charge is -2.30. The summed E-state index contributed by atoms with van der Waals surface area (Å²) >= 11 is 4.54. The molecule has 1 aliphatic heterocycles. The molecule has 1 amide bonds. The number of piperidine rings is 1. The molecule has 0 unspecified atom stereocenters. The highest BCUT2D eigenvalue weighted by Gasteiger charge is 2.31. The lowest BCUT2D eigenvalue weighted by Crippen LogP contribution is -2.39. The summed E-state index contributed by atoms with van der Waals surface area (Å²) in [6.45, 7) is 2.90. The first-order valence-electron chi connectivity index (χ1n) is 8.96. The van der Waals surface area contributed by atoms with Gasteiger partial charge in [-0.2, -0.15) is 4.31 Å². The van der Waals surface area contributed by atoms with Crippen molar-refractivity contribution >= 4 is 43.2 Å². The predicted octanol–water partition coefficient (Wildman–Crippen LogP) is 4.18. The zero-order valence-electron chi connectivity index (χ0n) is 15.1. The fourth-order valence-electron chi connectivity index (χ4n) is 3.30. The molecule has 27 heavy (non-hydrogen) atoms. The Labute approximate surface area is 173 Å². The largest absolute Gasteiger partial charge is 0.350 e. The van der Waals surface area contributed by atoms with E-state index in [9.17, 15) is 13.2 Å². The lowest BCUT2D eigenvalue weighted by molar-refractivity contribution is -0.122. The van der Waals surface area contributed by atoms with E-state index in [2.05, 4.69) is 21.2 Å². The van der Waals surface area contributed by atoms with Crippen molar-refractivity contribution in [3.63, 3.8) is 0 Å². The van der Waals surface area contributed by atoms with Crippen LogP contribution in [0, 0.1) is 5.92 Å². The smallest absolute Gasteiger partial charge is 0.252 e. The van der Waals surface area contributed by atoms with E-state index in [1.165, 1.54) is 15.6 Å². The summed E-state index contributed by atoms with van der Waals surface area (Å²) in [4.78, 5) is 12.4. The number of carbonyl (C=O) groups excluding carboxylic acids is 1. The van der Waals surface area contributed by atoms with Crippen molar-refractivity contribution in [3.8, 4) is 0 Å². The third kappa shape index (κ3) is 5.19. The molecule has 5 nitrogen and oxygen atoms in total. The van der Waals surface area contributed by atoms with Crippen molar-refractivity contribution in [2.24, 2.45) is 5.92 Å². The molecule has 1 N–H and O–H groups in total. The second-order valence-corrected chi connectivity index (χ2v) is 11.4. The summed E-state index contributed by atoms with van der Waals surface area (Å²) < 4.78 is 28.0. The SMILES string of the molecule is C[C@@H](NC(=O)CC1CCN(S(=O)(=O)c2ccc(Br)s2)CC1)c1ccccc1. The summed E-state index contributed by atoms with van der Waals surface area (Å²) in [6, 6.07) is 13.2. The van der Waals surface area contributed by atoms with E-state index < -0.39 is 10.0 Å². The van der Waals surface area contributed by atoms with Gasteiger partial charge >= 0.3 is 0 Å². The fourth-order valence-corrected chi connectivity index (χ4v) is 6.94. The zero-order chi connectivity index (χ0) is 19.4. The number of hydrogen-bond donors (Lipinski definition) is 1. The molecular formula is C19H23BrN2O3S2. The van der Waals surface area contributed by atoms with Crippen molar-refractivity contribution < 1.29 is 13.2 Å². The van der Waals surface area contributed by atoms with Crippen molar-refractivity contribution in [3.05, 3.63) is 51.8 Å². The topological polar surface area (TPSA) is 66.5 Å². The molecule has 1 aliphatic rings. The summed E-state index contributed by atoms with van der Waals surface area (Å²) in [5.41, 5.74) is 1.08. The van der Waals surface area contributed by atoms with E-state index >= 15 is 0 Å². The minimum absolute atomic E-state index is 0.0230. The number of halogens is 1. The monoisotopic (exact) mass is 470 g/mol. The predicted molar refractivity (Wildman–Crippen MR) is 111 cm³/mol. The first-order valence-corrected chi connectivity index (χ1v) is 12.0. The number of amides is 1. The average molecular weight is 471 g/mol. The molecule has 1 saturated heterocycles. The van der Waals surface area contributed by atoms with E-state index in [1.54, 1.807) is 12.1 Å². The van der Waals surface area contributed by atoms with Gasteiger partial charge in [-0.05, 0) is 59.3 Å². The van der Waals surface area contributed by atoms with Crippen LogP contribution < -0.4 is 5.32 Å². The number of nitrogens with zero attached hydrogens (tertiary/aromatic N) is 1. The Morgan fingerprint density at radius 3 is 2.48 bits per heavy atom. The van der Waals surface area contributed by atoms with E-state index in [0.29, 0.717) is 36.6 Å². The van der Waals surface area contributed by atoms with E-state index in [1.807, 2.05) is 37.3 Å². The minimum atomic E-state index is -3.43. The standard InChI is InChI=1S/C19H23BrN2O3S2/c1-14(16-5-3-2-4-6-16)21-18(23)13-15-9-11-22(12-10-15)27(24,25)19-8-7-17(20)26-19/h2-8,14-15H,9-13H2,1H3,(H,21,23)/t14-/m1/s1. The molecule has 0 saturated carbocycles. The Balaban J connectivity index is 1.50. The zero-order valence-corrected chi connectivity index (χ0v) is 18.3. The summed E-state index contributed by atoms with van der Waals surface area (Å²) in [7, 11) is -3.43. The maximum absolute atomic E-state index is 12.7. The Hall–Kier alpha value is -1.22. The maximum atomic E-state index is 12.7. The van der Waals surface area contributed by atoms with Crippen molar-refractivity contribution in [1.29, 1.82) is 0 Å². The van der Waals surface area contributed by atoms with Crippen LogP contribution in [0.1, 0.15) is 37.8 Å².